The Morgan fingerprint density at radius 2 is 2.10 bits per heavy atom. The number of benzene rings is 1. The molecule has 1 aromatic heterocycles. The second kappa shape index (κ2) is 6.45. The molecule has 108 valence electrons. The zero-order valence-electron chi connectivity index (χ0n) is 12.0. The summed E-state index contributed by atoms with van der Waals surface area (Å²) in [7, 11) is 0. The molecule has 0 atom stereocenters. The maximum absolute atomic E-state index is 12.6. The number of nitrogens with zero attached hydrogens (tertiary/aromatic N) is 2. The lowest BCUT2D eigenvalue weighted by Gasteiger charge is -2.21. The van der Waals surface area contributed by atoms with Crippen LogP contribution in [0.4, 0.5) is 5.69 Å². The monoisotopic (exact) mass is 299 g/mol. The third kappa shape index (κ3) is 3.44. The van der Waals surface area contributed by atoms with Crippen LogP contribution >= 0.6 is 12.2 Å². The maximum Gasteiger partial charge on any atom is 0.276 e. The fourth-order valence-electron chi connectivity index (χ4n) is 2.04. The van der Waals surface area contributed by atoms with Gasteiger partial charge in [0.25, 0.3) is 5.91 Å². The van der Waals surface area contributed by atoms with Gasteiger partial charge in [-0.3, -0.25) is 9.78 Å². The predicted octanol–water partition coefficient (Wildman–Crippen LogP) is 2.69. The van der Waals surface area contributed by atoms with Gasteiger partial charge in [0.15, 0.2) is 0 Å². The SMILES string of the molecule is CCN(C(=O)c1ccc(C(N)=S)cn1)c1cccc(C)c1. The number of carbonyl (C=O) groups excluding carboxylic acids is 1. The number of carbonyl (C=O) groups is 1. The van der Waals surface area contributed by atoms with Crippen LogP contribution in [0.2, 0.25) is 0 Å². The van der Waals surface area contributed by atoms with Crippen LogP contribution in [0, 0.1) is 6.92 Å². The smallest absolute Gasteiger partial charge is 0.276 e. The van der Waals surface area contributed by atoms with Crippen molar-refractivity contribution in [3.63, 3.8) is 0 Å². The first-order chi connectivity index (χ1) is 10.0. The van der Waals surface area contributed by atoms with Crippen LogP contribution in [-0.4, -0.2) is 22.4 Å². The fraction of sp³-hybridized carbons (Fsp3) is 0.188. The summed E-state index contributed by atoms with van der Waals surface area (Å²) < 4.78 is 0. The number of thiocarbonyl (C=S) groups is 1. The number of pyridine rings is 1. The molecule has 0 aliphatic rings. The van der Waals surface area contributed by atoms with Crippen molar-refractivity contribution in [3.05, 3.63) is 59.4 Å². The highest BCUT2D eigenvalue weighted by Gasteiger charge is 2.17. The van der Waals surface area contributed by atoms with E-state index in [1.165, 1.54) is 6.20 Å². The van der Waals surface area contributed by atoms with E-state index in [9.17, 15) is 4.79 Å². The predicted molar refractivity (Wildman–Crippen MR) is 88.7 cm³/mol. The maximum atomic E-state index is 12.6. The fourth-order valence-corrected chi connectivity index (χ4v) is 2.16. The number of nitrogens with two attached hydrogens (primary N) is 1. The van der Waals surface area contributed by atoms with Crippen molar-refractivity contribution in [2.24, 2.45) is 5.73 Å². The third-order valence-corrected chi connectivity index (χ3v) is 3.38. The number of amides is 1. The van der Waals surface area contributed by atoms with Gasteiger partial charge in [-0.25, -0.2) is 0 Å². The Labute approximate surface area is 129 Å². The van der Waals surface area contributed by atoms with Gasteiger partial charge in [0.1, 0.15) is 10.7 Å². The molecule has 21 heavy (non-hydrogen) atoms. The van der Waals surface area contributed by atoms with Crippen LogP contribution in [0.5, 0.6) is 0 Å². The van der Waals surface area contributed by atoms with Gasteiger partial charge >= 0.3 is 0 Å². The summed E-state index contributed by atoms with van der Waals surface area (Å²) in [6.07, 6.45) is 1.53. The molecule has 0 bridgehead atoms. The molecule has 1 heterocycles. The molecule has 2 rings (SSSR count). The summed E-state index contributed by atoms with van der Waals surface area (Å²) >= 11 is 4.88. The second-order valence-electron chi connectivity index (χ2n) is 4.68. The van der Waals surface area contributed by atoms with Crippen molar-refractivity contribution >= 4 is 28.8 Å². The van der Waals surface area contributed by atoms with Crippen LogP contribution in [0.3, 0.4) is 0 Å². The number of aryl methyl sites for hydroxylation is 1. The molecule has 0 unspecified atom stereocenters. The number of aromatic nitrogens is 1. The Kier molecular flexibility index (Phi) is 4.65. The standard InChI is InChI=1S/C16H17N3OS/c1-3-19(13-6-4-5-11(2)9-13)16(20)14-8-7-12(10-18-14)15(17)21/h4-10H,3H2,1-2H3,(H2,17,21). The number of rotatable bonds is 4. The van der Waals surface area contributed by atoms with Crippen LogP contribution in [0.1, 0.15) is 28.5 Å². The van der Waals surface area contributed by atoms with Gasteiger partial charge in [0.05, 0.1) is 0 Å². The van der Waals surface area contributed by atoms with E-state index in [0.29, 0.717) is 17.8 Å². The second-order valence-corrected chi connectivity index (χ2v) is 5.12. The topological polar surface area (TPSA) is 59.2 Å². The lowest BCUT2D eigenvalue weighted by atomic mass is 10.2. The zero-order chi connectivity index (χ0) is 15.4. The number of hydrogen-bond acceptors (Lipinski definition) is 3. The summed E-state index contributed by atoms with van der Waals surface area (Å²) in [4.78, 5) is 18.7. The molecule has 0 aliphatic heterocycles. The van der Waals surface area contributed by atoms with E-state index in [1.807, 2.05) is 38.1 Å². The first-order valence-corrected chi connectivity index (χ1v) is 7.08. The number of hydrogen-bond donors (Lipinski definition) is 1. The van der Waals surface area contributed by atoms with Crippen molar-refractivity contribution in [1.29, 1.82) is 0 Å². The molecule has 0 saturated carbocycles. The van der Waals surface area contributed by atoms with Crippen LogP contribution in [0.15, 0.2) is 42.6 Å². The van der Waals surface area contributed by atoms with Crippen molar-refractivity contribution in [2.45, 2.75) is 13.8 Å². The third-order valence-electron chi connectivity index (χ3n) is 3.14. The van der Waals surface area contributed by atoms with Crippen molar-refractivity contribution in [1.82, 2.24) is 4.98 Å². The molecule has 2 aromatic rings. The van der Waals surface area contributed by atoms with E-state index in [-0.39, 0.29) is 10.9 Å². The molecule has 0 radical (unpaired) electrons. The van der Waals surface area contributed by atoms with Gasteiger partial charge in [0.2, 0.25) is 0 Å². The largest absolute Gasteiger partial charge is 0.389 e. The highest BCUT2D eigenvalue weighted by atomic mass is 32.1. The molecule has 0 fully saturated rings. The molecule has 5 heteroatoms. The summed E-state index contributed by atoms with van der Waals surface area (Å²) in [5.41, 5.74) is 8.53. The van der Waals surface area contributed by atoms with E-state index in [1.54, 1.807) is 17.0 Å². The van der Waals surface area contributed by atoms with Crippen LogP contribution in [-0.2, 0) is 0 Å². The average Bonchev–Trinajstić information content (AvgIpc) is 2.48. The van der Waals surface area contributed by atoms with Crippen molar-refractivity contribution in [2.75, 3.05) is 11.4 Å². The normalized spacial score (nSPS) is 10.2. The Morgan fingerprint density at radius 1 is 1.33 bits per heavy atom. The van der Waals surface area contributed by atoms with E-state index in [0.717, 1.165) is 11.3 Å². The minimum atomic E-state index is -0.141. The van der Waals surface area contributed by atoms with Crippen LogP contribution < -0.4 is 10.6 Å². The van der Waals surface area contributed by atoms with E-state index in [4.69, 9.17) is 18.0 Å². The summed E-state index contributed by atoms with van der Waals surface area (Å²) in [6, 6.07) is 11.2. The van der Waals surface area contributed by atoms with Gasteiger partial charge in [-0.05, 0) is 43.7 Å². The minimum Gasteiger partial charge on any atom is -0.389 e. The zero-order valence-corrected chi connectivity index (χ0v) is 12.9. The molecule has 0 saturated heterocycles. The molecule has 4 nitrogen and oxygen atoms in total. The summed E-state index contributed by atoms with van der Waals surface area (Å²) in [5, 5.41) is 0. The average molecular weight is 299 g/mol. The highest BCUT2D eigenvalue weighted by Crippen LogP contribution is 2.18. The van der Waals surface area contributed by atoms with Crippen molar-refractivity contribution in [3.8, 4) is 0 Å². The minimum absolute atomic E-state index is 0.141. The Morgan fingerprint density at radius 3 is 2.62 bits per heavy atom. The summed E-state index contributed by atoms with van der Waals surface area (Å²) in [6.45, 7) is 4.50. The first kappa shape index (κ1) is 15.1. The van der Waals surface area contributed by atoms with Gasteiger partial charge in [-0.2, -0.15) is 0 Å². The van der Waals surface area contributed by atoms with E-state index in [2.05, 4.69) is 4.98 Å². The van der Waals surface area contributed by atoms with Gasteiger partial charge in [-0.1, -0.05) is 24.4 Å². The molecule has 2 N–H and O–H groups in total. The Bertz CT molecular complexity index is 667. The van der Waals surface area contributed by atoms with Crippen LogP contribution in [0.25, 0.3) is 0 Å². The lowest BCUT2D eigenvalue weighted by molar-refractivity contribution is 0.0983. The van der Waals surface area contributed by atoms with Gasteiger partial charge in [-0.15, -0.1) is 0 Å². The molecular formula is C16H17N3OS. The Hall–Kier alpha value is -2.27. The molecular weight excluding hydrogens is 282 g/mol. The summed E-state index contributed by atoms with van der Waals surface area (Å²) in [5.74, 6) is -0.141. The quantitative estimate of drug-likeness (QED) is 0.882. The molecule has 0 spiro atoms. The molecule has 1 aromatic carbocycles. The van der Waals surface area contributed by atoms with Gasteiger partial charge < -0.3 is 10.6 Å². The Balaban J connectivity index is 2.30. The lowest BCUT2D eigenvalue weighted by Crippen LogP contribution is -2.31. The van der Waals surface area contributed by atoms with E-state index < -0.39 is 0 Å². The number of anilines is 1. The van der Waals surface area contributed by atoms with E-state index >= 15 is 0 Å². The van der Waals surface area contributed by atoms with Crippen molar-refractivity contribution < 1.29 is 4.79 Å². The molecule has 0 aliphatic carbocycles. The first-order valence-electron chi connectivity index (χ1n) is 6.67. The molecule has 1 amide bonds. The van der Waals surface area contributed by atoms with Gasteiger partial charge in [0, 0.05) is 24.0 Å². The highest BCUT2D eigenvalue weighted by molar-refractivity contribution is 7.80.